The van der Waals surface area contributed by atoms with Crippen LogP contribution < -0.4 is 15.5 Å². The second-order valence-corrected chi connectivity index (χ2v) is 11.8. The number of benzene rings is 6. The van der Waals surface area contributed by atoms with E-state index in [9.17, 15) is 0 Å². The van der Waals surface area contributed by atoms with Gasteiger partial charge in [-0.15, -0.1) is 0 Å². The normalized spacial score (nSPS) is 16.9. The molecule has 6 aromatic rings. The van der Waals surface area contributed by atoms with Crippen LogP contribution in [0.2, 0.25) is 0 Å². The molecule has 2 aliphatic heterocycles. The highest BCUT2D eigenvalue weighted by Gasteiger charge is 2.51. The predicted molar refractivity (Wildman–Crippen MR) is 180 cm³/mol. The van der Waals surface area contributed by atoms with Gasteiger partial charge in [-0.05, 0) is 92.7 Å². The topological polar surface area (TPSA) is 27.3 Å². The fourth-order valence-corrected chi connectivity index (χ4v) is 7.72. The standard InChI is InChI=1S/C41H31N3/c1-2-14-31(15-3-1)44-38-20-8-6-18-35(38)41(36-19-7-9-21-39(36)44)34-17-5-4-16-32(34)33-23-22-29(27-37(33)41)28-12-10-13-30(26-28)40-42-24-11-25-43-40/h1-24,26-27,40,42-43H,25H2. The minimum Gasteiger partial charge on any atom is -0.372 e. The highest BCUT2D eigenvalue weighted by Crippen LogP contribution is 2.63. The van der Waals surface area contributed by atoms with Crippen LogP contribution in [0.25, 0.3) is 22.3 Å². The molecule has 1 aliphatic carbocycles. The second-order valence-electron chi connectivity index (χ2n) is 11.8. The molecule has 9 rings (SSSR count). The summed E-state index contributed by atoms with van der Waals surface area (Å²) in [5.41, 5.74) is 14.7. The molecule has 0 bridgehead atoms. The molecule has 3 aliphatic rings. The molecular weight excluding hydrogens is 534 g/mol. The Bertz CT molecular complexity index is 2030. The van der Waals surface area contributed by atoms with Crippen LogP contribution in [0.3, 0.4) is 0 Å². The van der Waals surface area contributed by atoms with Gasteiger partial charge in [-0.2, -0.15) is 0 Å². The quantitative estimate of drug-likeness (QED) is 0.224. The maximum Gasteiger partial charge on any atom is 0.103 e. The molecule has 2 N–H and O–H groups in total. The Kier molecular flexibility index (Phi) is 5.62. The maximum atomic E-state index is 3.55. The van der Waals surface area contributed by atoms with Crippen molar-refractivity contribution < 1.29 is 0 Å². The van der Waals surface area contributed by atoms with Gasteiger partial charge in [0.25, 0.3) is 0 Å². The lowest BCUT2D eigenvalue weighted by atomic mass is 9.64. The van der Waals surface area contributed by atoms with Gasteiger partial charge in [0.1, 0.15) is 6.17 Å². The van der Waals surface area contributed by atoms with Crippen molar-refractivity contribution in [2.45, 2.75) is 11.6 Å². The number of hydrogen-bond donors (Lipinski definition) is 2. The van der Waals surface area contributed by atoms with Crippen molar-refractivity contribution in [1.29, 1.82) is 0 Å². The highest BCUT2D eigenvalue weighted by molar-refractivity contribution is 5.96. The van der Waals surface area contributed by atoms with Gasteiger partial charge in [0.2, 0.25) is 0 Å². The van der Waals surface area contributed by atoms with E-state index in [1.165, 1.54) is 67.1 Å². The van der Waals surface area contributed by atoms with Crippen LogP contribution in [0.4, 0.5) is 17.1 Å². The van der Waals surface area contributed by atoms with Crippen molar-refractivity contribution in [2.24, 2.45) is 0 Å². The maximum absolute atomic E-state index is 3.55. The van der Waals surface area contributed by atoms with Crippen LogP contribution in [0.1, 0.15) is 34.0 Å². The lowest BCUT2D eigenvalue weighted by Crippen LogP contribution is -2.36. The molecule has 1 spiro atoms. The number of nitrogens with zero attached hydrogens (tertiary/aromatic N) is 1. The summed E-state index contributed by atoms with van der Waals surface area (Å²) in [5.74, 6) is 0. The molecule has 0 saturated carbocycles. The molecule has 1 atom stereocenters. The summed E-state index contributed by atoms with van der Waals surface area (Å²) in [6.07, 6.45) is 4.25. The number of nitrogens with one attached hydrogen (secondary N) is 2. The van der Waals surface area contributed by atoms with Crippen molar-refractivity contribution in [3.8, 4) is 22.3 Å². The first-order valence-electron chi connectivity index (χ1n) is 15.4. The third kappa shape index (κ3) is 3.54. The first kappa shape index (κ1) is 25.1. The van der Waals surface area contributed by atoms with Gasteiger partial charge >= 0.3 is 0 Å². The van der Waals surface area contributed by atoms with E-state index in [4.69, 9.17) is 0 Å². The third-order valence-electron chi connectivity index (χ3n) is 9.53. The fraction of sp³-hybridized carbons (Fsp3) is 0.0732. The summed E-state index contributed by atoms with van der Waals surface area (Å²) < 4.78 is 0. The summed E-state index contributed by atoms with van der Waals surface area (Å²) >= 11 is 0. The Balaban J connectivity index is 1.31. The van der Waals surface area contributed by atoms with Crippen LogP contribution >= 0.6 is 0 Å². The summed E-state index contributed by atoms with van der Waals surface area (Å²) in [5, 5.41) is 7.01. The Labute approximate surface area is 258 Å². The predicted octanol–water partition coefficient (Wildman–Crippen LogP) is 9.21. The van der Waals surface area contributed by atoms with Crippen molar-refractivity contribution in [3.05, 3.63) is 186 Å². The Hall–Kier alpha value is -5.38. The van der Waals surface area contributed by atoms with Gasteiger partial charge in [-0.25, -0.2) is 0 Å². The molecule has 0 fully saturated rings. The zero-order valence-corrected chi connectivity index (χ0v) is 24.2. The van der Waals surface area contributed by atoms with Crippen molar-refractivity contribution >= 4 is 17.1 Å². The molecule has 1 unspecified atom stereocenters. The number of fused-ring (bicyclic) bond motifs is 9. The lowest BCUT2D eigenvalue weighted by molar-refractivity contribution is 0.498. The van der Waals surface area contributed by atoms with Crippen LogP contribution in [0.5, 0.6) is 0 Å². The molecule has 3 heteroatoms. The molecule has 2 heterocycles. The van der Waals surface area contributed by atoms with Crippen molar-refractivity contribution in [2.75, 3.05) is 11.4 Å². The number of anilines is 3. The van der Waals surface area contributed by atoms with E-state index in [0.29, 0.717) is 0 Å². The second kappa shape index (κ2) is 9.84. The van der Waals surface area contributed by atoms with E-state index in [0.717, 1.165) is 6.54 Å². The molecule has 3 nitrogen and oxygen atoms in total. The van der Waals surface area contributed by atoms with E-state index in [-0.39, 0.29) is 6.17 Å². The molecule has 6 aromatic carbocycles. The molecule has 0 saturated heterocycles. The van der Waals surface area contributed by atoms with E-state index in [2.05, 4.69) is 167 Å². The van der Waals surface area contributed by atoms with Gasteiger partial charge < -0.3 is 10.2 Å². The van der Waals surface area contributed by atoms with Crippen LogP contribution in [0.15, 0.2) is 158 Å². The van der Waals surface area contributed by atoms with Crippen molar-refractivity contribution in [1.82, 2.24) is 10.6 Å². The average Bonchev–Trinajstić information content (AvgIpc) is 3.40. The number of hydrogen-bond acceptors (Lipinski definition) is 3. The smallest absolute Gasteiger partial charge is 0.103 e. The zero-order valence-electron chi connectivity index (χ0n) is 24.2. The SMILES string of the molecule is C1=CNC(c2cccc(-c3ccc4c(c3)C3(c5ccccc5-4)c4ccccc4N(c4ccccc4)c4ccccc43)c2)NC1. The molecule has 0 amide bonds. The van der Waals surface area contributed by atoms with E-state index in [1.54, 1.807) is 0 Å². The minimum absolute atomic E-state index is 0.103. The summed E-state index contributed by atoms with van der Waals surface area (Å²) in [6.45, 7) is 0.861. The van der Waals surface area contributed by atoms with E-state index >= 15 is 0 Å². The largest absolute Gasteiger partial charge is 0.372 e. The Morgan fingerprint density at radius 3 is 1.95 bits per heavy atom. The average molecular weight is 566 g/mol. The van der Waals surface area contributed by atoms with Crippen molar-refractivity contribution in [3.63, 3.8) is 0 Å². The van der Waals surface area contributed by atoms with Crippen LogP contribution in [-0.4, -0.2) is 6.54 Å². The first-order chi connectivity index (χ1) is 21.8. The summed E-state index contributed by atoms with van der Waals surface area (Å²) in [7, 11) is 0. The monoisotopic (exact) mass is 565 g/mol. The van der Waals surface area contributed by atoms with Gasteiger partial charge in [0, 0.05) is 12.2 Å². The van der Waals surface area contributed by atoms with Gasteiger partial charge in [0.05, 0.1) is 16.8 Å². The number of para-hydroxylation sites is 3. The minimum atomic E-state index is -0.449. The number of rotatable bonds is 3. The molecule has 210 valence electrons. The van der Waals surface area contributed by atoms with E-state index < -0.39 is 5.41 Å². The first-order valence-corrected chi connectivity index (χ1v) is 15.4. The zero-order chi connectivity index (χ0) is 29.1. The Morgan fingerprint density at radius 1 is 0.545 bits per heavy atom. The molecule has 0 aromatic heterocycles. The Morgan fingerprint density at radius 2 is 1.20 bits per heavy atom. The molecule has 0 radical (unpaired) electrons. The van der Waals surface area contributed by atoms with Gasteiger partial charge in [-0.1, -0.05) is 115 Å². The molecule has 44 heavy (non-hydrogen) atoms. The molecular formula is C41H31N3. The third-order valence-corrected chi connectivity index (χ3v) is 9.53. The van der Waals surface area contributed by atoms with Gasteiger partial charge in [-0.3, -0.25) is 5.32 Å². The highest BCUT2D eigenvalue weighted by atomic mass is 15.2. The van der Waals surface area contributed by atoms with Gasteiger partial charge in [0.15, 0.2) is 0 Å². The lowest BCUT2D eigenvalue weighted by Gasteiger charge is -2.45. The summed E-state index contributed by atoms with van der Waals surface area (Å²) in [6, 6.07) is 53.8. The fourth-order valence-electron chi connectivity index (χ4n) is 7.72. The van der Waals surface area contributed by atoms with E-state index in [1.807, 2.05) is 6.20 Å². The summed E-state index contributed by atoms with van der Waals surface area (Å²) in [4.78, 5) is 2.43. The van der Waals surface area contributed by atoms with Crippen LogP contribution in [-0.2, 0) is 5.41 Å². The van der Waals surface area contributed by atoms with Crippen LogP contribution in [0, 0.1) is 0 Å².